The van der Waals surface area contributed by atoms with Gasteiger partial charge in [-0.2, -0.15) is 0 Å². The van der Waals surface area contributed by atoms with Crippen molar-refractivity contribution in [2.45, 2.75) is 11.3 Å². The summed E-state index contributed by atoms with van der Waals surface area (Å²) < 4.78 is 23.7. The molecule has 1 N–H and O–H groups in total. The van der Waals surface area contributed by atoms with Gasteiger partial charge in [0, 0.05) is 4.90 Å². The molecular weight excluding hydrogens is 431 g/mol. The molecule has 0 aromatic heterocycles. The van der Waals surface area contributed by atoms with Crippen LogP contribution in [0.25, 0.3) is 5.57 Å². The molecule has 1 unspecified atom stereocenters. The number of allylic oxidation sites excluding steroid dienone is 6. The third kappa shape index (κ3) is 4.43. The minimum atomic E-state index is -2.50. The molecular formula is C22H15Cl2O4S-. The lowest BCUT2D eigenvalue weighted by molar-refractivity contribution is -0.110. The van der Waals surface area contributed by atoms with Crippen molar-refractivity contribution in [1.29, 1.82) is 0 Å². The van der Waals surface area contributed by atoms with E-state index >= 15 is 0 Å². The number of halogens is 2. The predicted molar refractivity (Wildman–Crippen MR) is 115 cm³/mol. The Morgan fingerprint density at radius 3 is 2.59 bits per heavy atom. The Morgan fingerprint density at radius 1 is 1.21 bits per heavy atom. The SMILES string of the molecule is C=CCc1cc(/C(=C2\C=CC(=O)C(Cl)=C2)c2ccccc2S(=O)[O-])cc(Cl)c1O. The highest BCUT2D eigenvalue weighted by molar-refractivity contribution is 7.79. The first-order chi connectivity index (χ1) is 13.8. The molecule has 0 bridgehead atoms. The van der Waals surface area contributed by atoms with Crippen molar-refractivity contribution in [1.82, 2.24) is 0 Å². The van der Waals surface area contributed by atoms with Gasteiger partial charge in [0.25, 0.3) is 0 Å². The molecule has 0 saturated heterocycles. The fourth-order valence-electron chi connectivity index (χ4n) is 3.06. The van der Waals surface area contributed by atoms with Crippen molar-refractivity contribution in [2.75, 3.05) is 0 Å². The maximum atomic E-state index is 11.8. The van der Waals surface area contributed by atoms with Crippen LogP contribution < -0.4 is 0 Å². The van der Waals surface area contributed by atoms with E-state index < -0.39 is 11.1 Å². The van der Waals surface area contributed by atoms with Crippen LogP contribution in [0.5, 0.6) is 5.75 Å². The second-order valence-electron chi connectivity index (χ2n) is 6.21. The van der Waals surface area contributed by atoms with Crippen LogP contribution in [0, 0.1) is 0 Å². The van der Waals surface area contributed by atoms with Gasteiger partial charge in [0.15, 0.2) is 5.78 Å². The molecule has 1 aliphatic carbocycles. The van der Waals surface area contributed by atoms with Gasteiger partial charge in [-0.05, 0) is 75.7 Å². The summed E-state index contributed by atoms with van der Waals surface area (Å²) >= 11 is 9.78. The lowest BCUT2D eigenvalue weighted by Crippen LogP contribution is -2.04. The van der Waals surface area contributed by atoms with Crippen LogP contribution in [-0.4, -0.2) is 19.7 Å². The Hall–Kier alpha value is -2.44. The predicted octanol–water partition coefficient (Wildman–Crippen LogP) is 5.08. The van der Waals surface area contributed by atoms with Gasteiger partial charge in [-0.25, -0.2) is 0 Å². The van der Waals surface area contributed by atoms with Crippen LogP contribution in [0.15, 0.2) is 82.8 Å². The van der Waals surface area contributed by atoms with Crippen LogP contribution >= 0.6 is 23.2 Å². The molecule has 0 saturated carbocycles. The van der Waals surface area contributed by atoms with E-state index in [1.807, 2.05) is 0 Å². The Kier molecular flexibility index (Phi) is 6.55. The zero-order valence-electron chi connectivity index (χ0n) is 15.0. The summed E-state index contributed by atoms with van der Waals surface area (Å²) in [5.41, 5.74) is 2.57. The van der Waals surface area contributed by atoms with Crippen molar-refractivity contribution in [3.8, 4) is 5.75 Å². The van der Waals surface area contributed by atoms with Gasteiger partial charge in [-0.1, -0.05) is 53.6 Å². The first kappa shape index (κ1) is 21.3. The van der Waals surface area contributed by atoms with Gasteiger partial charge in [-0.15, -0.1) is 6.58 Å². The van der Waals surface area contributed by atoms with Crippen LogP contribution in [0.3, 0.4) is 0 Å². The van der Waals surface area contributed by atoms with E-state index in [1.54, 1.807) is 42.5 Å². The second-order valence-corrected chi connectivity index (χ2v) is 7.93. The number of hydrogen-bond donors (Lipinski definition) is 1. The number of hydrogen-bond acceptors (Lipinski definition) is 4. The van der Waals surface area contributed by atoms with Crippen molar-refractivity contribution < 1.29 is 18.7 Å². The Bertz CT molecular complexity index is 1130. The number of rotatable bonds is 5. The summed E-state index contributed by atoms with van der Waals surface area (Å²) in [6.07, 6.45) is 6.36. The number of phenolic OH excluding ortho intramolecular Hbond substituents is 1. The fourth-order valence-corrected chi connectivity index (χ4v) is 4.02. The lowest BCUT2D eigenvalue weighted by Gasteiger charge is -2.20. The monoisotopic (exact) mass is 445 g/mol. The molecule has 2 aromatic carbocycles. The number of aromatic hydroxyl groups is 1. The number of benzene rings is 2. The minimum Gasteiger partial charge on any atom is -0.768 e. The van der Waals surface area contributed by atoms with Gasteiger partial charge < -0.3 is 9.66 Å². The van der Waals surface area contributed by atoms with Crippen LogP contribution in [0.4, 0.5) is 0 Å². The topological polar surface area (TPSA) is 77.4 Å². The molecule has 2 aromatic rings. The molecule has 29 heavy (non-hydrogen) atoms. The van der Waals surface area contributed by atoms with E-state index in [0.29, 0.717) is 34.3 Å². The van der Waals surface area contributed by atoms with Crippen LogP contribution in [0.1, 0.15) is 16.7 Å². The standard InChI is InChI=1S/C22H16Cl2O4S/c1-2-5-14-10-15(12-18(24)22(14)26)21(13-8-9-19(25)17(23)11-13)16-6-3-4-7-20(16)29(27)28/h2-4,6-12,26H,1,5H2,(H,27,28)/p-1/b21-13-. The maximum Gasteiger partial charge on any atom is 0.197 e. The van der Waals surface area contributed by atoms with E-state index in [-0.39, 0.29) is 26.5 Å². The van der Waals surface area contributed by atoms with Gasteiger partial charge in [-0.3, -0.25) is 9.00 Å². The van der Waals surface area contributed by atoms with Crippen molar-refractivity contribution in [2.24, 2.45) is 0 Å². The molecule has 0 spiro atoms. The van der Waals surface area contributed by atoms with Crippen molar-refractivity contribution in [3.63, 3.8) is 0 Å². The molecule has 7 heteroatoms. The highest BCUT2D eigenvalue weighted by Gasteiger charge is 2.19. The molecule has 0 radical (unpaired) electrons. The van der Waals surface area contributed by atoms with E-state index in [0.717, 1.165) is 0 Å². The number of ketones is 1. The number of phenols is 1. The minimum absolute atomic E-state index is 0.0110. The van der Waals surface area contributed by atoms with Crippen molar-refractivity contribution >= 4 is 45.6 Å². The Morgan fingerprint density at radius 2 is 1.93 bits per heavy atom. The molecule has 0 heterocycles. The lowest BCUT2D eigenvalue weighted by atomic mass is 9.89. The zero-order valence-corrected chi connectivity index (χ0v) is 17.4. The summed E-state index contributed by atoms with van der Waals surface area (Å²) in [4.78, 5) is 11.9. The Balaban J connectivity index is 2.38. The fraction of sp³-hybridized carbons (Fsp3) is 0.0455. The molecule has 1 aliphatic rings. The summed E-state index contributed by atoms with van der Waals surface area (Å²) in [7, 11) is 0. The zero-order chi connectivity index (χ0) is 21.1. The summed E-state index contributed by atoms with van der Waals surface area (Å²) in [6, 6.07) is 9.72. The van der Waals surface area contributed by atoms with E-state index in [2.05, 4.69) is 6.58 Å². The first-order valence-corrected chi connectivity index (χ1v) is 10.3. The molecule has 1 atom stereocenters. The molecule has 0 fully saturated rings. The summed E-state index contributed by atoms with van der Waals surface area (Å²) in [6.45, 7) is 3.68. The second kappa shape index (κ2) is 8.93. The maximum absolute atomic E-state index is 11.8. The molecule has 3 rings (SSSR count). The first-order valence-electron chi connectivity index (χ1n) is 8.48. The average molecular weight is 446 g/mol. The molecule has 4 nitrogen and oxygen atoms in total. The van der Waals surface area contributed by atoms with E-state index in [9.17, 15) is 18.7 Å². The molecule has 148 valence electrons. The number of carbonyl (C=O) groups excluding carboxylic acids is 1. The van der Waals surface area contributed by atoms with Crippen LogP contribution in [0.2, 0.25) is 5.02 Å². The highest BCUT2D eigenvalue weighted by Crippen LogP contribution is 2.38. The largest absolute Gasteiger partial charge is 0.768 e. The third-order valence-corrected chi connectivity index (χ3v) is 5.65. The third-order valence-electron chi connectivity index (χ3n) is 4.35. The molecule has 0 amide bonds. The molecule has 0 aliphatic heterocycles. The number of carbonyl (C=O) groups is 1. The summed E-state index contributed by atoms with van der Waals surface area (Å²) in [5.74, 6) is -0.408. The van der Waals surface area contributed by atoms with Crippen LogP contribution in [-0.2, 0) is 22.3 Å². The quantitative estimate of drug-likeness (QED) is 0.514. The van der Waals surface area contributed by atoms with Crippen molar-refractivity contribution in [3.05, 3.63) is 99.6 Å². The van der Waals surface area contributed by atoms with Gasteiger partial charge in [0.2, 0.25) is 0 Å². The smallest absolute Gasteiger partial charge is 0.197 e. The van der Waals surface area contributed by atoms with Gasteiger partial charge >= 0.3 is 0 Å². The van der Waals surface area contributed by atoms with E-state index in [1.165, 1.54) is 18.2 Å². The van der Waals surface area contributed by atoms with E-state index in [4.69, 9.17) is 23.2 Å². The Labute approximate surface area is 180 Å². The normalized spacial score (nSPS) is 16.4. The average Bonchev–Trinajstić information content (AvgIpc) is 2.69. The van der Waals surface area contributed by atoms with Gasteiger partial charge in [0.1, 0.15) is 5.75 Å². The van der Waals surface area contributed by atoms with Gasteiger partial charge in [0.05, 0.1) is 10.1 Å². The highest BCUT2D eigenvalue weighted by atomic mass is 35.5. The summed E-state index contributed by atoms with van der Waals surface area (Å²) in [5, 5.41) is 10.4.